The van der Waals surface area contributed by atoms with Crippen molar-refractivity contribution in [2.45, 2.75) is 117 Å². The molecule has 3 atom stereocenters. The van der Waals surface area contributed by atoms with Crippen LogP contribution in [0, 0.1) is 13.8 Å². The second kappa shape index (κ2) is 17.4. The Labute approximate surface area is 291 Å². The highest BCUT2D eigenvalue weighted by Crippen LogP contribution is 2.42. The van der Waals surface area contributed by atoms with Crippen molar-refractivity contribution >= 4 is 34.9 Å². The monoisotopic (exact) mass is 720 g/mol. The molecule has 0 spiro atoms. The molecular formula is C33H44N4O14. The van der Waals surface area contributed by atoms with Gasteiger partial charge in [-0.25, -0.2) is 14.6 Å². The number of rotatable bonds is 17. The number of nitrogens with zero attached hydrogens (tertiary/aromatic N) is 4. The van der Waals surface area contributed by atoms with Crippen molar-refractivity contribution in [3.63, 3.8) is 0 Å². The quantitative estimate of drug-likeness (QED) is 0.0644. The molecule has 0 aliphatic carbocycles. The fraction of sp³-hybridized carbons (Fsp3) is 0.576. The molecule has 3 unspecified atom stereocenters. The number of carbonyl (C=O) groups excluding carboxylic acids is 4. The summed E-state index contributed by atoms with van der Waals surface area (Å²) in [5.41, 5.74) is -3.68. The van der Waals surface area contributed by atoms with Crippen LogP contribution >= 0.6 is 0 Å². The van der Waals surface area contributed by atoms with Gasteiger partial charge in [0.05, 0.1) is 13.2 Å². The Morgan fingerprint density at radius 3 is 1.84 bits per heavy atom. The highest BCUT2D eigenvalue weighted by molar-refractivity contribution is 5.96. The zero-order valence-electron chi connectivity index (χ0n) is 29.4. The van der Waals surface area contributed by atoms with Crippen molar-refractivity contribution in [2.24, 2.45) is 0 Å². The van der Waals surface area contributed by atoms with Crippen LogP contribution in [0.5, 0.6) is 11.5 Å². The van der Waals surface area contributed by atoms with E-state index in [0.717, 1.165) is 4.57 Å². The number of esters is 3. The van der Waals surface area contributed by atoms with E-state index in [-0.39, 0.29) is 70.5 Å². The molecular weight excluding hydrogens is 676 g/mol. The van der Waals surface area contributed by atoms with Crippen LogP contribution in [0.1, 0.15) is 90.2 Å². The summed E-state index contributed by atoms with van der Waals surface area (Å²) in [5, 5.41) is 42.9. The number of carbonyl (C=O) groups is 4. The van der Waals surface area contributed by atoms with Gasteiger partial charge < -0.3 is 44.0 Å². The molecule has 2 aliphatic rings. The summed E-state index contributed by atoms with van der Waals surface area (Å²) in [7, 11) is 0. The van der Waals surface area contributed by atoms with E-state index in [1.807, 2.05) is 0 Å². The van der Waals surface area contributed by atoms with E-state index in [1.165, 1.54) is 13.8 Å². The maximum absolute atomic E-state index is 13.8. The van der Waals surface area contributed by atoms with E-state index in [4.69, 9.17) is 19.0 Å². The Morgan fingerprint density at radius 2 is 1.29 bits per heavy atom. The van der Waals surface area contributed by atoms with Crippen LogP contribution < -0.4 is 25.6 Å². The number of benzene rings is 1. The van der Waals surface area contributed by atoms with Crippen LogP contribution in [-0.4, -0.2) is 88.2 Å². The van der Waals surface area contributed by atoms with Gasteiger partial charge in [0.15, 0.2) is 23.0 Å². The maximum atomic E-state index is 13.8. The van der Waals surface area contributed by atoms with Gasteiger partial charge in [0.25, 0.3) is 5.79 Å². The Kier molecular flexibility index (Phi) is 13.9. The zero-order valence-corrected chi connectivity index (χ0v) is 29.4. The van der Waals surface area contributed by atoms with Gasteiger partial charge in [0.1, 0.15) is 23.2 Å². The topological polar surface area (TPSA) is 256 Å². The maximum Gasteiger partial charge on any atom is 0.386 e. The molecule has 0 aromatic heterocycles. The summed E-state index contributed by atoms with van der Waals surface area (Å²) >= 11 is 0. The van der Waals surface area contributed by atoms with E-state index < -0.39 is 77.8 Å². The molecule has 18 nitrogen and oxygen atoms in total. The lowest BCUT2D eigenvalue weighted by molar-refractivity contribution is -0.271. The van der Waals surface area contributed by atoms with Crippen molar-refractivity contribution in [3.05, 3.63) is 32.0 Å². The van der Waals surface area contributed by atoms with Gasteiger partial charge in [-0.05, 0) is 39.5 Å². The fourth-order valence-electron chi connectivity index (χ4n) is 5.08. The van der Waals surface area contributed by atoms with Gasteiger partial charge >= 0.3 is 35.1 Å². The van der Waals surface area contributed by atoms with E-state index in [0.29, 0.717) is 19.3 Å². The van der Waals surface area contributed by atoms with Crippen LogP contribution in [0.2, 0.25) is 0 Å². The smallest absolute Gasteiger partial charge is 0.386 e. The van der Waals surface area contributed by atoms with E-state index in [2.05, 4.69) is 9.97 Å². The van der Waals surface area contributed by atoms with Crippen molar-refractivity contribution in [1.82, 2.24) is 19.3 Å². The van der Waals surface area contributed by atoms with Crippen LogP contribution in [0.15, 0.2) is 9.59 Å². The number of aliphatic hydroxyl groups is 4. The van der Waals surface area contributed by atoms with Gasteiger partial charge in [-0.15, -0.1) is 0 Å². The highest BCUT2D eigenvalue weighted by Gasteiger charge is 2.46. The largest absolute Gasteiger partial charge is 0.428 e. The average Bonchev–Trinajstić information content (AvgIpc) is 3.07. The first-order chi connectivity index (χ1) is 24.1. The number of fused-ring (bicyclic) bond motifs is 2. The average molecular weight is 721 g/mol. The van der Waals surface area contributed by atoms with Crippen molar-refractivity contribution in [1.29, 1.82) is 0 Å². The Morgan fingerprint density at radius 1 is 0.784 bits per heavy atom. The SMILES string of the molecule is CCCC(=O)Oc1c(C)c(C)c(OC(=O)CCC)c2c1nc1c(=O)n(OC(=O)CCC)c(=O)nc-1n2CC(O)(OC(=O)CCC)C(O)C(O)CO. The predicted octanol–water partition coefficient (Wildman–Crippen LogP) is 0.587. The molecule has 0 saturated heterocycles. The molecule has 0 radical (unpaired) electrons. The van der Waals surface area contributed by atoms with Gasteiger partial charge in [-0.1, -0.05) is 32.4 Å². The second-order valence-corrected chi connectivity index (χ2v) is 11.9. The van der Waals surface area contributed by atoms with E-state index in [1.54, 1.807) is 27.7 Å². The fourth-order valence-corrected chi connectivity index (χ4v) is 5.08. The third-order valence-corrected chi connectivity index (χ3v) is 7.75. The van der Waals surface area contributed by atoms with Crippen molar-refractivity contribution < 1.29 is 58.7 Å². The van der Waals surface area contributed by atoms with E-state index >= 15 is 0 Å². The number of aromatic nitrogens is 4. The first kappa shape index (κ1) is 40.6. The molecule has 0 saturated carbocycles. The number of hydrogen-bond acceptors (Lipinski definition) is 16. The standard InChI is InChI=1S/C33H44N4O14/c1-7-11-20(40)48-27-17(5)18(6)28(49-21(41)12-8-2)26-24(27)34-25-30(35-32(46)37(31(25)45)51-23(43)14-10-4)36(26)16-33(47,29(44)19(39)15-38)50-22(42)13-9-3/h19,29,38-39,44,47H,7-16H2,1-6H3. The normalized spacial score (nSPS) is 13.8. The summed E-state index contributed by atoms with van der Waals surface area (Å²) < 4.78 is 17.7. The molecule has 2 heterocycles. The van der Waals surface area contributed by atoms with Gasteiger partial charge in [-0.3, -0.25) is 19.2 Å². The third kappa shape index (κ3) is 8.94. The molecule has 0 bridgehead atoms. The molecule has 51 heavy (non-hydrogen) atoms. The third-order valence-electron chi connectivity index (χ3n) is 7.75. The molecule has 2 aliphatic heterocycles. The Balaban J connectivity index is 2.65. The van der Waals surface area contributed by atoms with E-state index in [9.17, 15) is 49.2 Å². The molecule has 0 amide bonds. The number of hydrogen-bond donors (Lipinski definition) is 4. The minimum Gasteiger partial charge on any atom is -0.428 e. The summed E-state index contributed by atoms with van der Waals surface area (Å²) in [5.74, 6) is -7.71. The zero-order chi connectivity index (χ0) is 38.2. The summed E-state index contributed by atoms with van der Waals surface area (Å²) in [6, 6.07) is 0. The first-order valence-corrected chi connectivity index (χ1v) is 16.6. The minimum atomic E-state index is -3.13. The molecule has 280 valence electrons. The first-order valence-electron chi connectivity index (χ1n) is 16.6. The van der Waals surface area contributed by atoms with Crippen LogP contribution in [0.25, 0.3) is 22.6 Å². The summed E-state index contributed by atoms with van der Waals surface area (Å²) in [6.07, 6.45) is -3.74. The summed E-state index contributed by atoms with van der Waals surface area (Å²) in [4.78, 5) is 91.3. The Hall–Kier alpha value is -4.78. The van der Waals surface area contributed by atoms with Crippen LogP contribution in [-0.2, 0) is 30.5 Å². The lowest BCUT2D eigenvalue weighted by atomic mass is 10.0. The molecule has 1 aromatic rings. The molecule has 0 fully saturated rings. The van der Waals surface area contributed by atoms with Gasteiger partial charge in [0.2, 0.25) is 0 Å². The number of aliphatic hydroxyl groups excluding tert-OH is 3. The van der Waals surface area contributed by atoms with Crippen LogP contribution in [0.4, 0.5) is 0 Å². The number of ether oxygens (including phenoxy) is 3. The van der Waals surface area contributed by atoms with Gasteiger partial charge in [0, 0.05) is 36.8 Å². The predicted molar refractivity (Wildman–Crippen MR) is 177 cm³/mol. The molecule has 1 aromatic carbocycles. The van der Waals surface area contributed by atoms with Crippen molar-refractivity contribution in [3.8, 4) is 23.0 Å². The van der Waals surface area contributed by atoms with Crippen LogP contribution in [0.3, 0.4) is 0 Å². The lowest BCUT2D eigenvalue weighted by Gasteiger charge is -2.36. The lowest BCUT2D eigenvalue weighted by Crippen LogP contribution is -2.56. The minimum absolute atomic E-state index is 0.0412. The second-order valence-electron chi connectivity index (χ2n) is 11.9. The summed E-state index contributed by atoms with van der Waals surface area (Å²) in [6.45, 7) is 7.50. The highest BCUT2D eigenvalue weighted by atomic mass is 16.7. The van der Waals surface area contributed by atoms with Gasteiger partial charge in [-0.2, -0.15) is 4.98 Å². The molecule has 4 N–H and O–H groups in total. The Bertz CT molecular complexity index is 1870. The van der Waals surface area contributed by atoms with Crippen molar-refractivity contribution in [2.75, 3.05) is 6.61 Å². The molecule has 3 rings (SSSR count). The molecule has 18 heteroatoms.